The number of nitrogens with one attached hydrogen (secondary N) is 1. The first-order chi connectivity index (χ1) is 12.6. The standard InChI is InChI=1S/C20H23NO5S/c1-5-14-9-10-15(27(4,25)26)11-17(14)19(22)21-18(20(23)24)16-8-6-7-12(2)13(16)3/h6-11,18H,5H2,1-4H3,(H,21,22)(H,23,24). The maximum absolute atomic E-state index is 12.8. The Morgan fingerprint density at radius 1 is 1.15 bits per heavy atom. The van der Waals surface area contributed by atoms with E-state index in [1.807, 2.05) is 19.9 Å². The highest BCUT2D eigenvalue weighted by atomic mass is 32.2. The van der Waals surface area contributed by atoms with Crippen molar-refractivity contribution in [3.63, 3.8) is 0 Å². The van der Waals surface area contributed by atoms with Crippen LogP contribution in [0.2, 0.25) is 0 Å². The van der Waals surface area contributed by atoms with Crippen LogP contribution in [0.3, 0.4) is 0 Å². The summed E-state index contributed by atoms with van der Waals surface area (Å²) in [5, 5.41) is 12.2. The molecule has 2 rings (SSSR count). The summed E-state index contributed by atoms with van der Waals surface area (Å²) >= 11 is 0. The normalized spacial score (nSPS) is 12.4. The van der Waals surface area contributed by atoms with Gasteiger partial charge in [-0.25, -0.2) is 13.2 Å². The van der Waals surface area contributed by atoms with Gasteiger partial charge in [-0.3, -0.25) is 4.79 Å². The maximum Gasteiger partial charge on any atom is 0.330 e. The van der Waals surface area contributed by atoms with Crippen molar-refractivity contribution < 1.29 is 23.1 Å². The summed E-state index contributed by atoms with van der Waals surface area (Å²) in [6.45, 7) is 5.50. The van der Waals surface area contributed by atoms with Crippen LogP contribution in [0.4, 0.5) is 0 Å². The summed E-state index contributed by atoms with van der Waals surface area (Å²) in [7, 11) is -3.49. The van der Waals surface area contributed by atoms with E-state index in [1.54, 1.807) is 25.1 Å². The number of carboxylic acids is 1. The number of benzene rings is 2. The van der Waals surface area contributed by atoms with Crippen LogP contribution in [0.15, 0.2) is 41.3 Å². The number of amides is 1. The molecule has 0 aliphatic rings. The van der Waals surface area contributed by atoms with Crippen LogP contribution in [0.1, 0.15) is 45.6 Å². The zero-order valence-electron chi connectivity index (χ0n) is 15.7. The summed E-state index contributed by atoms with van der Waals surface area (Å²) in [6.07, 6.45) is 1.57. The quantitative estimate of drug-likeness (QED) is 0.791. The van der Waals surface area contributed by atoms with Crippen LogP contribution in [0.5, 0.6) is 0 Å². The minimum absolute atomic E-state index is 0.0171. The fourth-order valence-corrected chi connectivity index (χ4v) is 3.52. The Balaban J connectivity index is 2.47. The van der Waals surface area contributed by atoms with E-state index in [2.05, 4.69) is 5.32 Å². The summed E-state index contributed by atoms with van der Waals surface area (Å²) in [4.78, 5) is 24.6. The first-order valence-corrected chi connectivity index (χ1v) is 10.4. The number of rotatable bonds is 6. The number of hydrogen-bond donors (Lipinski definition) is 2. The Hall–Kier alpha value is -2.67. The van der Waals surface area contributed by atoms with Gasteiger partial charge in [-0.1, -0.05) is 31.2 Å². The van der Waals surface area contributed by atoms with Crippen LogP contribution in [-0.2, 0) is 21.1 Å². The molecule has 0 radical (unpaired) electrons. The smallest absolute Gasteiger partial charge is 0.330 e. The van der Waals surface area contributed by atoms with E-state index in [-0.39, 0.29) is 10.5 Å². The zero-order chi connectivity index (χ0) is 20.4. The number of aryl methyl sites for hydroxylation is 2. The lowest BCUT2D eigenvalue weighted by Crippen LogP contribution is -2.35. The predicted octanol–water partition coefficient (Wildman–Crippen LogP) is 2.83. The molecule has 0 saturated heterocycles. The van der Waals surface area contributed by atoms with E-state index >= 15 is 0 Å². The second-order valence-corrected chi connectivity index (χ2v) is 8.49. The van der Waals surface area contributed by atoms with Crippen molar-refractivity contribution in [1.82, 2.24) is 5.32 Å². The number of hydrogen-bond acceptors (Lipinski definition) is 4. The van der Waals surface area contributed by atoms with Crippen LogP contribution in [0.25, 0.3) is 0 Å². The highest BCUT2D eigenvalue weighted by molar-refractivity contribution is 7.90. The fraction of sp³-hybridized carbons (Fsp3) is 0.300. The van der Waals surface area contributed by atoms with Crippen molar-refractivity contribution in [2.75, 3.05) is 6.26 Å². The molecule has 0 aromatic heterocycles. The zero-order valence-corrected chi connectivity index (χ0v) is 16.6. The summed E-state index contributed by atoms with van der Waals surface area (Å²) in [5.41, 5.74) is 3.00. The van der Waals surface area contributed by atoms with Crippen molar-refractivity contribution in [1.29, 1.82) is 0 Å². The number of carbonyl (C=O) groups excluding carboxylic acids is 1. The third-order valence-electron chi connectivity index (χ3n) is 4.61. The van der Waals surface area contributed by atoms with E-state index in [4.69, 9.17) is 0 Å². The van der Waals surface area contributed by atoms with Gasteiger partial charge in [0.05, 0.1) is 4.90 Å². The third-order valence-corrected chi connectivity index (χ3v) is 5.73. The van der Waals surface area contributed by atoms with Gasteiger partial charge in [0, 0.05) is 11.8 Å². The van der Waals surface area contributed by atoms with E-state index < -0.39 is 27.8 Å². The Bertz CT molecular complexity index is 995. The average molecular weight is 389 g/mol. The Labute approximate surface area is 159 Å². The number of carbonyl (C=O) groups is 2. The highest BCUT2D eigenvalue weighted by Gasteiger charge is 2.26. The maximum atomic E-state index is 12.8. The molecule has 144 valence electrons. The van der Waals surface area contributed by atoms with E-state index in [9.17, 15) is 23.1 Å². The van der Waals surface area contributed by atoms with Gasteiger partial charge in [-0.2, -0.15) is 0 Å². The number of sulfone groups is 1. The van der Waals surface area contributed by atoms with Crippen molar-refractivity contribution in [3.05, 3.63) is 64.2 Å². The largest absolute Gasteiger partial charge is 0.479 e. The van der Waals surface area contributed by atoms with Crippen LogP contribution in [-0.4, -0.2) is 31.7 Å². The van der Waals surface area contributed by atoms with Crippen LogP contribution in [0, 0.1) is 13.8 Å². The Kier molecular flexibility index (Phi) is 6.05. The van der Waals surface area contributed by atoms with Gasteiger partial charge in [0.2, 0.25) is 0 Å². The highest BCUT2D eigenvalue weighted by Crippen LogP contribution is 2.23. The van der Waals surface area contributed by atoms with E-state index in [1.165, 1.54) is 12.1 Å². The molecule has 0 fully saturated rings. The Morgan fingerprint density at radius 2 is 1.81 bits per heavy atom. The number of carboxylic acid groups (broad SMARTS) is 1. The molecule has 1 amide bonds. The third kappa shape index (κ3) is 4.54. The topological polar surface area (TPSA) is 101 Å². The fourth-order valence-electron chi connectivity index (χ4n) is 2.87. The molecule has 0 saturated carbocycles. The van der Waals surface area contributed by atoms with Gasteiger partial charge in [0.25, 0.3) is 5.91 Å². The van der Waals surface area contributed by atoms with E-state index in [0.717, 1.165) is 17.4 Å². The molecule has 0 bridgehead atoms. The molecular formula is C20H23NO5S. The van der Waals surface area contributed by atoms with E-state index in [0.29, 0.717) is 17.5 Å². The van der Waals surface area contributed by atoms with Crippen molar-refractivity contribution >= 4 is 21.7 Å². The molecule has 1 atom stereocenters. The van der Waals surface area contributed by atoms with Crippen molar-refractivity contribution in [3.8, 4) is 0 Å². The van der Waals surface area contributed by atoms with Crippen LogP contribution < -0.4 is 5.32 Å². The molecule has 7 heteroatoms. The molecule has 2 aromatic rings. The molecule has 1 unspecified atom stereocenters. The molecule has 0 aliphatic carbocycles. The minimum atomic E-state index is -3.49. The average Bonchev–Trinajstić information content (AvgIpc) is 2.60. The van der Waals surface area contributed by atoms with Crippen molar-refractivity contribution in [2.45, 2.75) is 38.1 Å². The SMILES string of the molecule is CCc1ccc(S(C)(=O)=O)cc1C(=O)NC(C(=O)O)c1cccc(C)c1C. The minimum Gasteiger partial charge on any atom is -0.479 e. The summed E-state index contributed by atoms with van der Waals surface area (Å²) < 4.78 is 23.6. The molecule has 6 nitrogen and oxygen atoms in total. The predicted molar refractivity (Wildman–Crippen MR) is 103 cm³/mol. The monoisotopic (exact) mass is 389 g/mol. The molecule has 2 N–H and O–H groups in total. The molecule has 0 aliphatic heterocycles. The first-order valence-electron chi connectivity index (χ1n) is 8.49. The van der Waals surface area contributed by atoms with Crippen LogP contribution >= 0.6 is 0 Å². The van der Waals surface area contributed by atoms with Gasteiger partial charge in [0.15, 0.2) is 15.9 Å². The van der Waals surface area contributed by atoms with Crippen molar-refractivity contribution in [2.24, 2.45) is 0 Å². The van der Waals surface area contributed by atoms with Gasteiger partial charge in [-0.05, 0) is 54.7 Å². The number of aliphatic carboxylic acids is 1. The summed E-state index contributed by atoms with van der Waals surface area (Å²) in [5.74, 6) is -1.81. The summed E-state index contributed by atoms with van der Waals surface area (Å²) in [6, 6.07) is 8.36. The second kappa shape index (κ2) is 7.92. The molecule has 0 spiro atoms. The van der Waals surface area contributed by atoms with Gasteiger partial charge < -0.3 is 10.4 Å². The second-order valence-electron chi connectivity index (χ2n) is 6.48. The van der Waals surface area contributed by atoms with Gasteiger partial charge >= 0.3 is 5.97 Å². The molecule has 27 heavy (non-hydrogen) atoms. The Morgan fingerprint density at radius 3 is 2.37 bits per heavy atom. The lowest BCUT2D eigenvalue weighted by Gasteiger charge is -2.19. The first kappa shape index (κ1) is 20.6. The molecule has 2 aromatic carbocycles. The molecular weight excluding hydrogens is 366 g/mol. The van der Waals surface area contributed by atoms with Gasteiger partial charge in [-0.15, -0.1) is 0 Å². The lowest BCUT2D eigenvalue weighted by atomic mass is 9.96. The van der Waals surface area contributed by atoms with Gasteiger partial charge in [0.1, 0.15) is 0 Å². The lowest BCUT2D eigenvalue weighted by molar-refractivity contribution is -0.139. The molecule has 0 heterocycles.